The summed E-state index contributed by atoms with van der Waals surface area (Å²) in [7, 11) is 0. The van der Waals surface area contributed by atoms with Crippen LogP contribution in [0.15, 0.2) is 54.6 Å². The van der Waals surface area contributed by atoms with Crippen LogP contribution >= 0.6 is 0 Å². The molecule has 4 rings (SSSR count). The van der Waals surface area contributed by atoms with Gasteiger partial charge < -0.3 is 19.5 Å². The molecule has 3 amide bonds. The minimum absolute atomic E-state index is 0.0605. The van der Waals surface area contributed by atoms with Gasteiger partial charge in [-0.25, -0.2) is 14.1 Å². The maximum Gasteiger partial charge on any atom is 0.328 e. The molecule has 0 bridgehead atoms. The van der Waals surface area contributed by atoms with Gasteiger partial charge in [0, 0.05) is 18.7 Å². The number of hydrogen-bond donors (Lipinski definition) is 1. The van der Waals surface area contributed by atoms with Crippen LogP contribution in [0.1, 0.15) is 12.0 Å². The van der Waals surface area contributed by atoms with E-state index < -0.39 is 35.5 Å². The van der Waals surface area contributed by atoms with Crippen molar-refractivity contribution < 1.29 is 38.1 Å². The summed E-state index contributed by atoms with van der Waals surface area (Å²) in [6.45, 7) is -0.0224. The van der Waals surface area contributed by atoms with Crippen molar-refractivity contribution in [2.75, 3.05) is 11.7 Å². The van der Waals surface area contributed by atoms with Gasteiger partial charge in [-0.3, -0.25) is 14.4 Å². The van der Waals surface area contributed by atoms with Crippen LogP contribution in [0.4, 0.5) is 10.1 Å². The maximum atomic E-state index is 13.2. The molecule has 0 radical (unpaired) electrons. The highest BCUT2D eigenvalue weighted by Crippen LogP contribution is 2.34. The molecular formula is C22H17FN2O7. The number of rotatable bonds is 6. The van der Waals surface area contributed by atoms with E-state index in [1.165, 1.54) is 12.1 Å². The van der Waals surface area contributed by atoms with Crippen molar-refractivity contribution in [2.45, 2.75) is 19.0 Å². The molecule has 1 atom stereocenters. The van der Waals surface area contributed by atoms with Crippen LogP contribution < -0.4 is 14.4 Å². The minimum atomic E-state index is -1.33. The number of amides is 3. The molecule has 0 spiro atoms. The van der Waals surface area contributed by atoms with Crippen molar-refractivity contribution in [3.63, 3.8) is 0 Å². The van der Waals surface area contributed by atoms with E-state index in [4.69, 9.17) is 14.6 Å². The van der Waals surface area contributed by atoms with Crippen LogP contribution in [0, 0.1) is 5.82 Å². The molecule has 1 fully saturated rings. The van der Waals surface area contributed by atoms with Crippen LogP contribution in [0.5, 0.6) is 11.5 Å². The molecule has 164 valence electrons. The third kappa shape index (κ3) is 4.15. The van der Waals surface area contributed by atoms with Gasteiger partial charge in [0.1, 0.15) is 11.9 Å². The predicted molar refractivity (Wildman–Crippen MR) is 107 cm³/mol. The van der Waals surface area contributed by atoms with Crippen LogP contribution in [0.3, 0.4) is 0 Å². The summed E-state index contributed by atoms with van der Waals surface area (Å²) in [6, 6.07) is 8.63. The lowest BCUT2D eigenvalue weighted by atomic mass is 10.1. The molecule has 2 aliphatic heterocycles. The lowest BCUT2D eigenvalue weighted by molar-refractivity contribution is -0.135. The lowest BCUT2D eigenvalue weighted by Crippen LogP contribution is -2.44. The standard InChI is InChI=1S/C22H17FN2O7/c23-14-2-4-15(5-3-14)25-20(27)10-16(22(25)30)24(19(26)7-8-21(28)29)11-13-1-6-17-18(9-13)32-12-31-17/h1-9,16H,10-12H2,(H,28,29)/t16-/m0/s1. The number of nitrogens with zero attached hydrogens (tertiary/aromatic N) is 2. The Hall–Kier alpha value is -4.21. The van der Waals surface area contributed by atoms with E-state index in [0.717, 1.165) is 28.0 Å². The normalized spacial score (nSPS) is 17.3. The number of carbonyl (C=O) groups excluding carboxylic acids is 3. The largest absolute Gasteiger partial charge is 0.478 e. The number of halogens is 1. The number of anilines is 1. The average Bonchev–Trinajstić information content (AvgIpc) is 3.34. The predicted octanol–water partition coefficient (Wildman–Crippen LogP) is 1.86. The number of aliphatic carboxylic acids is 1. The fourth-order valence-corrected chi connectivity index (χ4v) is 3.54. The molecular weight excluding hydrogens is 423 g/mol. The zero-order valence-electron chi connectivity index (χ0n) is 16.6. The molecule has 0 unspecified atom stereocenters. The first-order chi connectivity index (χ1) is 15.3. The van der Waals surface area contributed by atoms with Gasteiger partial charge in [-0.2, -0.15) is 0 Å². The summed E-state index contributed by atoms with van der Waals surface area (Å²) in [5, 5.41) is 8.86. The molecule has 0 saturated carbocycles. The topological polar surface area (TPSA) is 113 Å². The molecule has 2 aromatic rings. The van der Waals surface area contributed by atoms with Crippen molar-refractivity contribution in [1.29, 1.82) is 0 Å². The Morgan fingerprint density at radius 3 is 2.53 bits per heavy atom. The number of carbonyl (C=O) groups is 4. The molecule has 0 aromatic heterocycles. The maximum absolute atomic E-state index is 13.2. The molecule has 0 aliphatic carbocycles. The molecule has 2 heterocycles. The summed E-state index contributed by atoms with van der Waals surface area (Å²) >= 11 is 0. The van der Waals surface area contributed by atoms with Gasteiger partial charge in [-0.1, -0.05) is 6.07 Å². The van der Waals surface area contributed by atoms with Crippen molar-refractivity contribution in [3.8, 4) is 11.5 Å². The summed E-state index contributed by atoms with van der Waals surface area (Å²) in [5.41, 5.74) is 0.771. The number of carboxylic acids is 1. The highest BCUT2D eigenvalue weighted by atomic mass is 19.1. The first-order valence-corrected chi connectivity index (χ1v) is 9.56. The summed E-state index contributed by atoms with van der Waals surface area (Å²) in [4.78, 5) is 51.4. The van der Waals surface area contributed by atoms with Gasteiger partial charge in [-0.05, 0) is 42.0 Å². The van der Waals surface area contributed by atoms with Crippen molar-refractivity contribution >= 4 is 29.4 Å². The Labute approximate surface area is 181 Å². The van der Waals surface area contributed by atoms with E-state index in [1.54, 1.807) is 18.2 Å². The van der Waals surface area contributed by atoms with Gasteiger partial charge in [0.05, 0.1) is 12.1 Å². The zero-order valence-corrected chi connectivity index (χ0v) is 16.6. The number of imide groups is 1. The summed E-state index contributed by atoms with van der Waals surface area (Å²) < 4.78 is 23.8. The fourth-order valence-electron chi connectivity index (χ4n) is 3.54. The van der Waals surface area contributed by atoms with Crippen LogP contribution in [0.25, 0.3) is 0 Å². The second kappa shape index (κ2) is 8.50. The Morgan fingerprint density at radius 1 is 1.09 bits per heavy atom. The number of fused-ring (bicyclic) bond motifs is 1. The van der Waals surface area contributed by atoms with E-state index in [-0.39, 0.29) is 25.4 Å². The number of benzene rings is 2. The summed E-state index contributed by atoms with van der Waals surface area (Å²) in [5.74, 6) is -2.83. The lowest BCUT2D eigenvalue weighted by Gasteiger charge is -2.26. The average molecular weight is 440 g/mol. The molecule has 1 saturated heterocycles. The molecule has 1 N–H and O–H groups in total. The number of hydrogen-bond acceptors (Lipinski definition) is 6. The molecule has 2 aromatic carbocycles. The van der Waals surface area contributed by atoms with Crippen molar-refractivity contribution in [3.05, 3.63) is 66.0 Å². The monoisotopic (exact) mass is 440 g/mol. The molecule has 32 heavy (non-hydrogen) atoms. The summed E-state index contributed by atoms with van der Waals surface area (Å²) in [6.07, 6.45) is 1.19. The Morgan fingerprint density at radius 2 is 1.81 bits per heavy atom. The second-order valence-corrected chi connectivity index (χ2v) is 7.09. The SMILES string of the molecule is O=C(O)C=CC(=O)N(Cc1ccc2c(c1)OCO2)[C@H]1CC(=O)N(c2ccc(F)cc2)C1=O. The first kappa shape index (κ1) is 21.0. The third-order valence-electron chi connectivity index (χ3n) is 5.03. The highest BCUT2D eigenvalue weighted by molar-refractivity contribution is 6.23. The Kier molecular flexibility index (Phi) is 5.59. The van der Waals surface area contributed by atoms with Crippen LogP contribution in [-0.2, 0) is 25.7 Å². The van der Waals surface area contributed by atoms with Gasteiger partial charge >= 0.3 is 5.97 Å². The van der Waals surface area contributed by atoms with E-state index >= 15 is 0 Å². The van der Waals surface area contributed by atoms with Gasteiger partial charge in [-0.15, -0.1) is 0 Å². The molecule has 9 nitrogen and oxygen atoms in total. The molecule has 2 aliphatic rings. The van der Waals surface area contributed by atoms with Crippen molar-refractivity contribution in [2.24, 2.45) is 0 Å². The van der Waals surface area contributed by atoms with E-state index in [9.17, 15) is 23.6 Å². The number of carboxylic acid groups (broad SMARTS) is 1. The third-order valence-corrected chi connectivity index (χ3v) is 5.03. The number of ether oxygens (including phenoxy) is 2. The Bertz CT molecular complexity index is 1130. The quantitative estimate of drug-likeness (QED) is 0.539. The highest BCUT2D eigenvalue weighted by Gasteiger charge is 2.44. The van der Waals surface area contributed by atoms with Gasteiger partial charge in [0.25, 0.3) is 5.91 Å². The van der Waals surface area contributed by atoms with E-state index in [0.29, 0.717) is 23.1 Å². The Balaban J connectivity index is 1.64. The fraction of sp³-hybridized carbons (Fsp3) is 0.182. The zero-order chi connectivity index (χ0) is 22.8. The van der Waals surface area contributed by atoms with Gasteiger partial charge in [0.15, 0.2) is 11.5 Å². The van der Waals surface area contributed by atoms with E-state index in [2.05, 4.69) is 0 Å². The smallest absolute Gasteiger partial charge is 0.328 e. The van der Waals surface area contributed by atoms with Crippen LogP contribution in [0.2, 0.25) is 0 Å². The van der Waals surface area contributed by atoms with E-state index in [1.807, 2.05) is 0 Å². The second-order valence-electron chi connectivity index (χ2n) is 7.09. The minimum Gasteiger partial charge on any atom is -0.478 e. The van der Waals surface area contributed by atoms with Crippen molar-refractivity contribution in [1.82, 2.24) is 4.90 Å². The first-order valence-electron chi connectivity index (χ1n) is 9.56. The molecule has 10 heteroatoms. The van der Waals surface area contributed by atoms with Gasteiger partial charge in [0.2, 0.25) is 18.6 Å². The van der Waals surface area contributed by atoms with Crippen LogP contribution in [-0.4, -0.2) is 46.5 Å².